The van der Waals surface area contributed by atoms with Crippen molar-refractivity contribution in [2.24, 2.45) is 0 Å². The Labute approximate surface area is 108 Å². The van der Waals surface area contributed by atoms with Crippen LogP contribution in [0.4, 0.5) is 0 Å². The summed E-state index contributed by atoms with van der Waals surface area (Å²) in [4.78, 5) is 35.7. The van der Waals surface area contributed by atoms with Crippen LogP contribution in [0, 0.1) is 0 Å². The van der Waals surface area contributed by atoms with Crippen molar-refractivity contribution in [2.45, 2.75) is 0 Å². The van der Waals surface area contributed by atoms with E-state index in [1.807, 2.05) is 0 Å². The van der Waals surface area contributed by atoms with E-state index in [4.69, 9.17) is 39.6 Å². The van der Waals surface area contributed by atoms with Gasteiger partial charge in [-0.3, -0.25) is 0 Å². The number of carbonyl (C=O) groups is 4. The maximum Gasteiger partial charge on any atom is 2.00 e. The molecule has 0 bridgehead atoms. The Kier molecular flexibility index (Phi) is 44.1. The molecule has 10 nitrogen and oxygen atoms in total. The van der Waals surface area contributed by atoms with Crippen molar-refractivity contribution in [3.05, 3.63) is 0 Å². The van der Waals surface area contributed by atoms with Gasteiger partial charge in [-0.2, -0.15) is 0 Å². The van der Waals surface area contributed by atoms with Gasteiger partial charge < -0.3 is 50.6 Å². The summed E-state index contributed by atoms with van der Waals surface area (Å²) in [5, 5.41) is 35.7. The van der Waals surface area contributed by atoms with Gasteiger partial charge in [-0.1, -0.05) is 0 Å². The number of carbonyl (C=O) groups excluding carboxylic acids is 4. The molecule has 0 aliphatic carbocycles. The van der Waals surface area contributed by atoms with Crippen molar-refractivity contribution < 1.29 is 84.1 Å². The first-order valence-corrected chi connectivity index (χ1v) is 2.13. The van der Waals surface area contributed by atoms with Crippen LogP contribution in [0.2, 0.25) is 0 Å². The Morgan fingerprint density at radius 1 is 0.562 bits per heavy atom. The normalized spacial score (nSPS) is 5.50. The number of carboxylic acid groups (broad SMARTS) is 4. The molecule has 0 amide bonds. The number of hydrogen-bond donors (Lipinski definition) is 0. The fourth-order valence-electron chi connectivity index (χ4n) is 0. The van der Waals surface area contributed by atoms with Gasteiger partial charge in [-0.05, 0) is 0 Å². The minimum atomic E-state index is -2.19. The average molecular weight is 326 g/mol. The van der Waals surface area contributed by atoms with Crippen molar-refractivity contribution in [1.82, 2.24) is 0 Å². The molecule has 0 unspecified atom stereocenters. The molecule has 16 heavy (non-hydrogen) atoms. The third-order valence-corrected chi connectivity index (χ3v) is 0.333. The van der Waals surface area contributed by atoms with Crippen molar-refractivity contribution in [3.63, 3.8) is 0 Å². The molecule has 0 aromatic carbocycles. The zero-order valence-electron chi connectivity index (χ0n) is 6.96. The first-order chi connectivity index (χ1) is 5.29. The van der Waals surface area contributed by atoms with Gasteiger partial charge in [-0.25, -0.2) is 0 Å². The van der Waals surface area contributed by atoms with Gasteiger partial charge in [0.25, 0.3) is 0 Å². The molecule has 0 rings (SSSR count). The molecule has 0 atom stereocenters. The standard InChI is InChI=1S/2C2H2O4.Mn.Ni.2H2O/c2*3-1(4)2(5)6;;;;/h2*(H,3,4)(H,5,6);;;2*1H2/q;;2*+2;;/p-4. The molecular formula is C4H4MnNiO10. The van der Waals surface area contributed by atoms with Crippen LogP contribution in [0.5, 0.6) is 0 Å². The Hall–Kier alpha value is -1.19. The third-order valence-electron chi connectivity index (χ3n) is 0.333. The molecule has 0 aromatic heterocycles. The number of hydrogen-bond acceptors (Lipinski definition) is 8. The Bertz CT molecular complexity index is 179. The molecule has 0 aliphatic heterocycles. The molecule has 0 spiro atoms. The molecule has 0 aromatic rings. The van der Waals surface area contributed by atoms with Gasteiger partial charge in [0.2, 0.25) is 0 Å². The molecular weight excluding hydrogens is 322 g/mol. The minimum absolute atomic E-state index is 0. The van der Waals surface area contributed by atoms with Gasteiger partial charge in [0.05, 0.1) is 23.9 Å². The van der Waals surface area contributed by atoms with Gasteiger partial charge >= 0.3 is 33.6 Å². The Morgan fingerprint density at radius 3 is 0.625 bits per heavy atom. The monoisotopic (exact) mass is 325 g/mol. The van der Waals surface area contributed by atoms with E-state index in [0.717, 1.165) is 0 Å². The Balaban J connectivity index is -0.0000000250. The van der Waals surface area contributed by atoms with E-state index < -0.39 is 23.9 Å². The second-order valence-corrected chi connectivity index (χ2v) is 1.15. The second-order valence-electron chi connectivity index (χ2n) is 1.15. The minimum Gasteiger partial charge on any atom is -0.543 e. The maximum absolute atomic E-state index is 8.93. The molecule has 1 radical (unpaired) electrons. The van der Waals surface area contributed by atoms with Crippen LogP contribution < -0.4 is 20.4 Å². The smallest absolute Gasteiger partial charge is 0.543 e. The summed E-state index contributed by atoms with van der Waals surface area (Å²) in [6.45, 7) is 0. The summed E-state index contributed by atoms with van der Waals surface area (Å²) in [5.74, 6) is -8.74. The SMILES string of the molecule is O.O.O=C([O-])C(=O)[O-].O=C([O-])C(=O)[O-].[Mn+2].[Ni+2]. The molecule has 0 saturated heterocycles. The Morgan fingerprint density at radius 2 is 0.625 bits per heavy atom. The summed E-state index contributed by atoms with van der Waals surface area (Å²) in [5.41, 5.74) is 0. The topological polar surface area (TPSA) is 224 Å². The number of aliphatic carboxylic acids is 4. The van der Waals surface area contributed by atoms with E-state index in [1.165, 1.54) is 0 Å². The fraction of sp³-hybridized carbons (Fsp3) is 0. The fourth-order valence-corrected chi connectivity index (χ4v) is 0. The molecule has 0 fully saturated rings. The summed E-state index contributed by atoms with van der Waals surface area (Å²) in [7, 11) is 0. The van der Waals surface area contributed by atoms with Crippen LogP contribution in [-0.2, 0) is 52.7 Å². The van der Waals surface area contributed by atoms with E-state index in [-0.39, 0.29) is 44.5 Å². The summed E-state index contributed by atoms with van der Waals surface area (Å²) >= 11 is 0. The zero-order chi connectivity index (χ0) is 10.3. The van der Waals surface area contributed by atoms with E-state index in [1.54, 1.807) is 0 Å². The first-order valence-electron chi connectivity index (χ1n) is 2.13. The quantitative estimate of drug-likeness (QED) is 0.306. The molecule has 0 heterocycles. The van der Waals surface area contributed by atoms with Crippen LogP contribution >= 0.6 is 0 Å². The summed E-state index contributed by atoms with van der Waals surface area (Å²) < 4.78 is 0. The molecule has 12 heteroatoms. The van der Waals surface area contributed by atoms with E-state index >= 15 is 0 Å². The van der Waals surface area contributed by atoms with Crippen molar-refractivity contribution >= 4 is 23.9 Å². The zero-order valence-corrected chi connectivity index (χ0v) is 9.13. The van der Waals surface area contributed by atoms with Crippen molar-refractivity contribution in [3.8, 4) is 0 Å². The van der Waals surface area contributed by atoms with Crippen LogP contribution in [0.15, 0.2) is 0 Å². The summed E-state index contributed by atoms with van der Waals surface area (Å²) in [6.07, 6.45) is 0. The number of rotatable bonds is 0. The van der Waals surface area contributed by atoms with Gasteiger partial charge in [-0.15, -0.1) is 0 Å². The second kappa shape index (κ2) is 19.4. The average Bonchev–Trinajstić information content (AvgIpc) is 1.88. The van der Waals surface area contributed by atoms with E-state index in [0.29, 0.717) is 0 Å². The molecule has 0 aliphatic rings. The van der Waals surface area contributed by atoms with Crippen molar-refractivity contribution in [1.29, 1.82) is 0 Å². The van der Waals surface area contributed by atoms with E-state index in [9.17, 15) is 0 Å². The maximum atomic E-state index is 8.93. The van der Waals surface area contributed by atoms with Crippen LogP contribution in [0.25, 0.3) is 0 Å². The van der Waals surface area contributed by atoms with Gasteiger partial charge in [0, 0.05) is 0 Å². The van der Waals surface area contributed by atoms with Gasteiger partial charge in [0.1, 0.15) is 0 Å². The van der Waals surface area contributed by atoms with Crippen LogP contribution in [0.1, 0.15) is 0 Å². The first kappa shape index (κ1) is 36.4. The van der Waals surface area contributed by atoms with Crippen LogP contribution in [-0.4, -0.2) is 34.8 Å². The molecule has 4 N–H and O–H groups in total. The molecule has 97 valence electrons. The van der Waals surface area contributed by atoms with Gasteiger partial charge in [0.15, 0.2) is 0 Å². The molecule has 0 saturated carbocycles. The largest absolute Gasteiger partial charge is 2.00 e. The third kappa shape index (κ3) is 38.5. The van der Waals surface area contributed by atoms with Crippen LogP contribution in [0.3, 0.4) is 0 Å². The van der Waals surface area contributed by atoms with Crippen molar-refractivity contribution in [2.75, 3.05) is 0 Å². The predicted molar refractivity (Wildman–Crippen MR) is 27.3 cm³/mol. The number of carboxylic acids is 4. The predicted octanol–water partition coefficient (Wildman–Crippen LogP) is -8.68. The summed E-state index contributed by atoms with van der Waals surface area (Å²) in [6, 6.07) is 0. The van der Waals surface area contributed by atoms with E-state index in [2.05, 4.69) is 0 Å².